The number of benzene rings is 1. The summed E-state index contributed by atoms with van der Waals surface area (Å²) in [5, 5.41) is 24.5. The summed E-state index contributed by atoms with van der Waals surface area (Å²) in [4.78, 5) is 34.5. The van der Waals surface area contributed by atoms with Crippen LogP contribution in [0.4, 0.5) is 11.4 Å². The van der Waals surface area contributed by atoms with Crippen molar-refractivity contribution in [1.82, 2.24) is 5.32 Å². The molecule has 0 saturated carbocycles. The minimum Gasteiger partial charge on any atom is -0.463 e. The molecule has 1 saturated heterocycles. The molecule has 1 aliphatic rings. The predicted molar refractivity (Wildman–Crippen MR) is 103 cm³/mol. The van der Waals surface area contributed by atoms with Crippen LogP contribution in [0, 0.1) is 20.2 Å². The maximum absolute atomic E-state index is 12.7. The van der Waals surface area contributed by atoms with E-state index in [9.17, 15) is 25.0 Å². The maximum atomic E-state index is 12.7. The smallest absolute Gasteiger partial charge is 0.295 e. The summed E-state index contributed by atoms with van der Waals surface area (Å²) < 4.78 is 5.53. The van der Waals surface area contributed by atoms with Crippen molar-refractivity contribution < 1.29 is 24.0 Å². The zero-order chi connectivity index (χ0) is 21.0. The molecule has 0 spiro atoms. The summed E-state index contributed by atoms with van der Waals surface area (Å²) in [6.07, 6.45) is 4.87. The summed E-state index contributed by atoms with van der Waals surface area (Å²) in [5.41, 5.74) is -1.56. The minimum absolute atomic E-state index is 0.137. The molecular weight excluding hydrogens is 404 g/mol. The lowest BCUT2D eigenvalue weighted by molar-refractivity contribution is -0.936. The molecule has 1 aromatic carbocycles. The molecule has 1 atom stereocenters. The SMILES string of the molecule is O=C(NC[C@H](c1ccco1)[NH+]1CCCCC1)c1cc([N+](=O)[O-])cc([N+](=O)[O-])c1Cl. The van der Waals surface area contributed by atoms with Crippen molar-refractivity contribution in [3.8, 4) is 0 Å². The molecule has 1 fully saturated rings. The molecule has 29 heavy (non-hydrogen) atoms. The number of carbonyl (C=O) groups excluding carboxylic acids is 1. The van der Waals surface area contributed by atoms with E-state index >= 15 is 0 Å². The Bertz CT molecular complexity index is 911. The average molecular weight is 424 g/mol. The highest BCUT2D eigenvalue weighted by Gasteiger charge is 2.30. The van der Waals surface area contributed by atoms with Crippen LogP contribution in [0.25, 0.3) is 0 Å². The second kappa shape index (κ2) is 9.01. The van der Waals surface area contributed by atoms with Crippen LogP contribution >= 0.6 is 11.6 Å². The van der Waals surface area contributed by atoms with Gasteiger partial charge in [0.15, 0.2) is 11.8 Å². The number of non-ortho nitro benzene ring substituents is 1. The Hall–Kier alpha value is -2.98. The van der Waals surface area contributed by atoms with E-state index < -0.39 is 32.2 Å². The van der Waals surface area contributed by atoms with E-state index in [1.165, 1.54) is 4.90 Å². The Morgan fingerprint density at radius 1 is 1.21 bits per heavy atom. The fourth-order valence-corrected chi connectivity index (χ4v) is 3.84. The fraction of sp³-hybridized carbons (Fsp3) is 0.389. The molecule has 2 aromatic rings. The van der Waals surface area contributed by atoms with E-state index in [1.54, 1.807) is 12.3 Å². The molecule has 0 aliphatic carbocycles. The van der Waals surface area contributed by atoms with Gasteiger partial charge in [0.05, 0.1) is 47.4 Å². The van der Waals surface area contributed by atoms with Gasteiger partial charge in [-0.3, -0.25) is 25.0 Å². The van der Waals surface area contributed by atoms with Gasteiger partial charge in [0.1, 0.15) is 5.02 Å². The first-order valence-electron chi connectivity index (χ1n) is 9.17. The number of likely N-dealkylation sites (tertiary alicyclic amines) is 1. The van der Waals surface area contributed by atoms with Crippen LogP contribution in [0.3, 0.4) is 0 Å². The highest BCUT2D eigenvalue weighted by Crippen LogP contribution is 2.32. The number of amides is 1. The van der Waals surface area contributed by atoms with E-state index in [0.717, 1.165) is 50.2 Å². The number of carbonyl (C=O) groups is 1. The lowest BCUT2D eigenvalue weighted by Gasteiger charge is -2.30. The molecule has 1 amide bonds. The predicted octanol–water partition coefficient (Wildman–Crippen LogP) is 2.29. The molecule has 11 heteroatoms. The van der Waals surface area contributed by atoms with E-state index in [0.29, 0.717) is 0 Å². The van der Waals surface area contributed by atoms with Crippen LogP contribution in [0.15, 0.2) is 34.9 Å². The molecular formula is C18H20ClN4O6+. The third-order valence-corrected chi connectivity index (χ3v) is 5.43. The second-order valence-electron chi connectivity index (χ2n) is 6.84. The van der Waals surface area contributed by atoms with E-state index in [4.69, 9.17) is 16.0 Å². The summed E-state index contributed by atoms with van der Waals surface area (Å²) >= 11 is 5.99. The van der Waals surface area contributed by atoms with Crippen molar-refractivity contribution >= 4 is 28.9 Å². The van der Waals surface area contributed by atoms with Crippen molar-refractivity contribution in [3.05, 3.63) is 67.1 Å². The molecule has 0 bridgehead atoms. The number of nitro groups is 2. The Morgan fingerprint density at radius 2 is 1.93 bits per heavy atom. The van der Waals surface area contributed by atoms with Crippen LogP contribution in [-0.2, 0) is 0 Å². The molecule has 2 heterocycles. The van der Waals surface area contributed by atoms with Gasteiger partial charge in [-0.05, 0) is 31.4 Å². The molecule has 154 valence electrons. The van der Waals surface area contributed by atoms with Gasteiger partial charge >= 0.3 is 0 Å². The van der Waals surface area contributed by atoms with Gasteiger partial charge in [-0.2, -0.15) is 0 Å². The second-order valence-corrected chi connectivity index (χ2v) is 7.22. The first-order chi connectivity index (χ1) is 13.9. The number of piperidine rings is 1. The van der Waals surface area contributed by atoms with Crippen molar-refractivity contribution in [2.45, 2.75) is 25.3 Å². The molecule has 1 aliphatic heterocycles. The van der Waals surface area contributed by atoms with Gasteiger partial charge < -0.3 is 14.6 Å². The lowest BCUT2D eigenvalue weighted by atomic mass is 10.1. The highest BCUT2D eigenvalue weighted by atomic mass is 35.5. The summed E-state index contributed by atoms with van der Waals surface area (Å²) in [6, 6.07) is 5.16. The minimum atomic E-state index is -0.852. The molecule has 0 unspecified atom stereocenters. The van der Waals surface area contributed by atoms with E-state index in [2.05, 4.69) is 5.32 Å². The van der Waals surface area contributed by atoms with Crippen LogP contribution in [0.1, 0.15) is 41.4 Å². The average Bonchev–Trinajstić information content (AvgIpc) is 3.23. The molecule has 1 aromatic heterocycles. The number of nitro benzene ring substituents is 2. The number of halogens is 1. The summed E-state index contributed by atoms with van der Waals surface area (Å²) in [6.45, 7) is 2.07. The third kappa shape index (κ3) is 4.72. The number of hydrogen-bond donors (Lipinski definition) is 2. The summed E-state index contributed by atoms with van der Waals surface area (Å²) in [5.74, 6) is 0.00749. The maximum Gasteiger partial charge on any atom is 0.295 e. The summed E-state index contributed by atoms with van der Waals surface area (Å²) in [7, 11) is 0. The zero-order valence-electron chi connectivity index (χ0n) is 15.4. The Labute approximate surface area is 170 Å². The molecule has 2 N–H and O–H groups in total. The third-order valence-electron chi connectivity index (χ3n) is 5.03. The van der Waals surface area contributed by atoms with Gasteiger partial charge in [0, 0.05) is 6.07 Å². The van der Waals surface area contributed by atoms with E-state index in [1.807, 2.05) is 6.07 Å². The van der Waals surface area contributed by atoms with Gasteiger partial charge in [-0.1, -0.05) is 11.6 Å². The topological polar surface area (TPSA) is 133 Å². The number of rotatable bonds is 7. The van der Waals surface area contributed by atoms with Crippen LogP contribution in [0.5, 0.6) is 0 Å². The standard InChI is InChI=1S/C18H19ClN4O6/c19-17-13(9-12(22(25)26)10-14(17)23(27)28)18(24)20-11-15(16-5-4-8-29-16)21-6-2-1-3-7-21/h4-5,8-10,15H,1-3,6-7,11H2,(H,20,24)/p+1/t15-/m1/s1. The monoisotopic (exact) mass is 423 g/mol. The highest BCUT2D eigenvalue weighted by molar-refractivity contribution is 6.36. The van der Waals surface area contributed by atoms with Crippen molar-refractivity contribution in [2.24, 2.45) is 0 Å². The van der Waals surface area contributed by atoms with Crippen molar-refractivity contribution in [2.75, 3.05) is 19.6 Å². The first-order valence-corrected chi connectivity index (χ1v) is 9.54. The van der Waals surface area contributed by atoms with Gasteiger partial charge in [0.25, 0.3) is 17.3 Å². The molecule has 3 rings (SSSR count). The Morgan fingerprint density at radius 3 is 2.52 bits per heavy atom. The molecule has 10 nitrogen and oxygen atoms in total. The number of nitrogens with one attached hydrogen (secondary N) is 2. The van der Waals surface area contributed by atoms with Gasteiger partial charge in [0.2, 0.25) is 0 Å². The lowest BCUT2D eigenvalue weighted by Crippen LogP contribution is -3.13. The number of quaternary nitrogens is 1. The quantitative estimate of drug-likeness (QED) is 0.518. The number of nitrogens with zero attached hydrogens (tertiary/aromatic N) is 2. The van der Waals surface area contributed by atoms with Crippen LogP contribution in [0.2, 0.25) is 5.02 Å². The van der Waals surface area contributed by atoms with E-state index in [-0.39, 0.29) is 18.2 Å². The Balaban J connectivity index is 1.83. The molecule has 0 radical (unpaired) electrons. The fourth-order valence-electron chi connectivity index (χ4n) is 3.58. The number of hydrogen-bond acceptors (Lipinski definition) is 6. The number of furan rings is 1. The first kappa shape index (κ1) is 20.7. The van der Waals surface area contributed by atoms with Crippen molar-refractivity contribution in [1.29, 1.82) is 0 Å². The van der Waals surface area contributed by atoms with Crippen LogP contribution < -0.4 is 10.2 Å². The Kier molecular flexibility index (Phi) is 6.45. The van der Waals surface area contributed by atoms with Crippen LogP contribution in [-0.4, -0.2) is 35.4 Å². The largest absolute Gasteiger partial charge is 0.463 e. The van der Waals surface area contributed by atoms with Crippen molar-refractivity contribution in [3.63, 3.8) is 0 Å². The zero-order valence-corrected chi connectivity index (χ0v) is 16.2. The van der Waals surface area contributed by atoms with Gasteiger partial charge in [-0.15, -0.1) is 0 Å². The normalized spacial score (nSPS) is 15.6. The van der Waals surface area contributed by atoms with Gasteiger partial charge in [-0.25, -0.2) is 0 Å².